The molecule has 2 heterocycles. The minimum atomic E-state index is 0.557. The largest absolute Gasteiger partial charge is 0.370 e. The second-order valence-electron chi connectivity index (χ2n) is 5.99. The van der Waals surface area contributed by atoms with Crippen molar-refractivity contribution in [2.75, 3.05) is 11.9 Å². The maximum Gasteiger partial charge on any atom is 0.143 e. The first-order valence-corrected chi connectivity index (χ1v) is 8.03. The van der Waals surface area contributed by atoms with Crippen LogP contribution in [0.2, 0.25) is 0 Å². The van der Waals surface area contributed by atoms with Gasteiger partial charge in [-0.25, -0.2) is 15.0 Å². The van der Waals surface area contributed by atoms with Crippen LogP contribution in [0, 0.1) is 0 Å². The van der Waals surface area contributed by atoms with Crippen molar-refractivity contribution >= 4 is 5.82 Å². The number of fused-ring (bicyclic) bond motifs is 1. The van der Waals surface area contributed by atoms with Crippen LogP contribution in [-0.2, 0) is 12.8 Å². The summed E-state index contributed by atoms with van der Waals surface area (Å²) in [5.41, 5.74) is 2.59. The Hall–Kier alpha value is -1.91. The Labute approximate surface area is 124 Å². The number of hydrogen-bond donors (Lipinski definition) is 1. The predicted molar refractivity (Wildman–Crippen MR) is 81.9 cm³/mol. The second kappa shape index (κ2) is 5.13. The molecule has 0 atom stereocenters. The lowest BCUT2D eigenvalue weighted by atomic mass is 10.0. The van der Waals surface area contributed by atoms with Crippen molar-refractivity contribution in [2.45, 2.75) is 51.4 Å². The summed E-state index contributed by atoms with van der Waals surface area (Å²) in [6.45, 7) is 2.97. The Balaban J connectivity index is 1.78. The summed E-state index contributed by atoms with van der Waals surface area (Å²) >= 11 is 0. The molecule has 1 N–H and O–H groups in total. The third-order valence-electron chi connectivity index (χ3n) is 4.31. The predicted octanol–water partition coefficient (Wildman–Crippen LogP) is 2.85. The molecule has 21 heavy (non-hydrogen) atoms. The Morgan fingerprint density at radius 3 is 2.90 bits per heavy atom. The van der Waals surface area contributed by atoms with Gasteiger partial charge in [0.15, 0.2) is 0 Å². The number of hydrogen-bond acceptors (Lipinski definition) is 4. The topological polar surface area (TPSA) is 55.6 Å². The molecule has 0 radical (unpaired) electrons. The van der Waals surface area contributed by atoms with Crippen LogP contribution in [0.3, 0.4) is 0 Å². The van der Waals surface area contributed by atoms with Crippen molar-refractivity contribution in [1.82, 2.24) is 19.5 Å². The molecule has 2 aromatic rings. The van der Waals surface area contributed by atoms with E-state index in [1.54, 1.807) is 0 Å². The summed E-state index contributed by atoms with van der Waals surface area (Å²) in [7, 11) is 0. The summed E-state index contributed by atoms with van der Waals surface area (Å²) in [6, 6.07) is 2.05. The van der Waals surface area contributed by atoms with Crippen LogP contribution >= 0.6 is 0 Å². The minimum absolute atomic E-state index is 0.557. The number of nitrogens with one attached hydrogen (secondary N) is 1. The van der Waals surface area contributed by atoms with Crippen molar-refractivity contribution < 1.29 is 0 Å². The van der Waals surface area contributed by atoms with Gasteiger partial charge in [-0.3, -0.25) is 4.57 Å². The molecule has 2 aliphatic rings. The zero-order valence-electron chi connectivity index (χ0n) is 12.5. The lowest BCUT2D eigenvalue weighted by Gasteiger charge is -2.15. The van der Waals surface area contributed by atoms with E-state index in [4.69, 9.17) is 4.98 Å². The van der Waals surface area contributed by atoms with Crippen LogP contribution in [0.1, 0.15) is 55.7 Å². The lowest BCUT2D eigenvalue weighted by Crippen LogP contribution is -2.11. The van der Waals surface area contributed by atoms with Gasteiger partial charge in [0.25, 0.3) is 0 Å². The number of rotatable bonds is 4. The molecule has 1 fully saturated rings. The monoisotopic (exact) mass is 283 g/mol. The van der Waals surface area contributed by atoms with Crippen LogP contribution < -0.4 is 5.32 Å². The van der Waals surface area contributed by atoms with Gasteiger partial charge in [0.05, 0.1) is 5.69 Å². The Bertz CT molecular complexity index is 657. The summed E-state index contributed by atoms with van der Waals surface area (Å²) in [4.78, 5) is 14.0. The molecule has 110 valence electrons. The quantitative estimate of drug-likeness (QED) is 0.937. The number of anilines is 1. The maximum atomic E-state index is 4.80. The van der Waals surface area contributed by atoms with Crippen LogP contribution in [0.4, 0.5) is 5.82 Å². The van der Waals surface area contributed by atoms with Gasteiger partial charge in [0, 0.05) is 24.2 Å². The molecule has 0 spiro atoms. The third kappa shape index (κ3) is 2.41. The number of aryl methyl sites for hydroxylation is 1. The van der Waals surface area contributed by atoms with Crippen molar-refractivity contribution in [2.24, 2.45) is 0 Å². The highest BCUT2D eigenvalue weighted by Gasteiger charge is 2.28. The number of imidazole rings is 1. The summed E-state index contributed by atoms with van der Waals surface area (Å²) in [5, 5.41) is 3.33. The van der Waals surface area contributed by atoms with Gasteiger partial charge >= 0.3 is 0 Å². The van der Waals surface area contributed by atoms with Crippen molar-refractivity contribution in [3.8, 4) is 5.82 Å². The average molecular weight is 283 g/mol. The van der Waals surface area contributed by atoms with Gasteiger partial charge < -0.3 is 5.32 Å². The van der Waals surface area contributed by atoms with Crippen LogP contribution in [0.25, 0.3) is 5.82 Å². The minimum Gasteiger partial charge on any atom is -0.370 e. The molecule has 0 aliphatic heterocycles. The molecule has 5 nitrogen and oxygen atoms in total. The van der Waals surface area contributed by atoms with Crippen LogP contribution in [-0.4, -0.2) is 26.1 Å². The van der Waals surface area contributed by atoms with E-state index in [0.29, 0.717) is 5.92 Å². The van der Waals surface area contributed by atoms with E-state index in [-0.39, 0.29) is 0 Å². The Kier molecular flexibility index (Phi) is 3.13. The van der Waals surface area contributed by atoms with Crippen LogP contribution in [0.5, 0.6) is 0 Å². The average Bonchev–Trinajstić information content (AvgIpc) is 3.27. The van der Waals surface area contributed by atoms with E-state index in [9.17, 15) is 0 Å². The van der Waals surface area contributed by atoms with Crippen molar-refractivity contribution in [1.29, 1.82) is 0 Å². The fraction of sp³-hybridized carbons (Fsp3) is 0.562. The summed E-state index contributed by atoms with van der Waals surface area (Å²) in [6.07, 6.45) is 9.08. The highest BCUT2D eigenvalue weighted by Crippen LogP contribution is 2.38. The van der Waals surface area contributed by atoms with Crippen LogP contribution in [0.15, 0.2) is 12.4 Å². The van der Waals surface area contributed by atoms with Crippen molar-refractivity contribution in [3.63, 3.8) is 0 Å². The first-order chi connectivity index (χ1) is 10.3. The first-order valence-electron chi connectivity index (χ1n) is 8.03. The second-order valence-corrected chi connectivity index (χ2v) is 5.99. The molecule has 2 aromatic heterocycles. The maximum absolute atomic E-state index is 4.80. The molecular formula is C16H21N5. The Morgan fingerprint density at radius 1 is 1.24 bits per heavy atom. The molecule has 5 heteroatoms. The fourth-order valence-electron chi connectivity index (χ4n) is 3.04. The van der Waals surface area contributed by atoms with E-state index < -0.39 is 0 Å². The number of nitrogens with zero attached hydrogens (tertiary/aromatic N) is 4. The molecule has 1 saturated carbocycles. The third-order valence-corrected chi connectivity index (χ3v) is 4.31. The summed E-state index contributed by atoms with van der Waals surface area (Å²) < 4.78 is 2.17. The van der Waals surface area contributed by atoms with Gasteiger partial charge in [-0.15, -0.1) is 0 Å². The zero-order chi connectivity index (χ0) is 14.2. The molecule has 2 aliphatic carbocycles. The normalized spacial score (nSPS) is 17.6. The zero-order valence-corrected chi connectivity index (χ0v) is 12.5. The molecule has 0 bridgehead atoms. The molecule has 0 unspecified atom stereocenters. The van der Waals surface area contributed by atoms with Gasteiger partial charge in [0.1, 0.15) is 23.8 Å². The molecule has 0 saturated heterocycles. The molecule has 0 amide bonds. The SMILES string of the molecule is CCNc1cc(-n2cnc3c2CCCC3)nc(C2CC2)n1. The van der Waals surface area contributed by atoms with E-state index in [1.165, 1.54) is 37.1 Å². The number of aromatic nitrogens is 4. The van der Waals surface area contributed by atoms with Gasteiger partial charge in [0.2, 0.25) is 0 Å². The van der Waals surface area contributed by atoms with E-state index in [0.717, 1.165) is 36.8 Å². The molecule has 4 rings (SSSR count). The smallest absolute Gasteiger partial charge is 0.143 e. The fourth-order valence-corrected chi connectivity index (χ4v) is 3.04. The summed E-state index contributed by atoms with van der Waals surface area (Å²) in [5.74, 6) is 3.45. The van der Waals surface area contributed by atoms with E-state index >= 15 is 0 Å². The Morgan fingerprint density at radius 2 is 2.10 bits per heavy atom. The van der Waals surface area contributed by atoms with Crippen molar-refractivity contribution in [3.05, 3.63) is 29.6 Å². The van der Waals surface area contributed by atoms with E-state index in [2.05, 4.69) is 26.8 Å². The highest BCUT2D eigenvalue weighted by molar-refractivity contribution is 5.44. The highest BCUT2D eigenvalue weighted by atomic mass is 15.2. The lowest BCUT2D eigenvalue weighted by molar-refractivity contribution is 0.653. The van der Waals surface area contributed by atoms with Gasteiger partial charge in [-0.2, -0.15) is 0 Å². The molecule has 0 aromatic carbocycles. The van der Waals surface area contributed by atoms with Gasteiger partial charge in [-0.1, -0.05) is 0 Å². The first kappa shape index (κ1) is 12.8. The van der Waals surface area contributed by atoms with Gasteiger partial charge in [-0.05, 0) is 45.4 Å². The molecular weight excluding hydrogens is 262 g/mol. The van der Waals surface area contributed by atoms with E-state index in [1.807, 2.05) is 12.4 Å². The standard InChI is InChI=1S/C16H21N5/c1-2-17-14-9-15(20-16(19-14)11-7-8-11)21-10-18-12-5-3-4-6-13(12)21/h9-11H,2-8H2,1H3,(H,17,19,20).